The fourth-order valence-corrected chi connectivity index (χ4v) is 9.80. The second-order valence-corrected chi connectivity index (χ2v) is 19.2. The minimum absolute atomic E-state index is 0.0491. The van der Waals surface area contributed by atoms with Crippen LogP contribution < -0.4 is 15.4 Å². The van der Waals surface area contributed by atoms with Crippen molar-refractivity contribution in [1.29, 1.82) is 0 Å². The average Bonchev–Trinajstić information content (AvgIpc) is 3.80. The molecule has 1 aliphatic heterocycles. The first-order valence-corrected chi connectivity index (χ1v) is 23.5. The van der Waals surface area contributed by atoms with Crippen molar-refractivity contribution in [3.63, 3.8) is 0 Å². The van der Waals surface area contributed by atoms with E-state index in [1.54, 1.807) is 18.3 Å². The predicted octanol–water partition coefficient (Wildman–Crippen LogP) is 10.8. The van der Waals surface area contributed by atoms with E-state index in [-0.39, 0.29) is 41.5 Å². The molecule has 3 amide bonds. The Kier molecular flexibility index (Phi) is 15.7. The summed E-state index contributed by atoms with van der Waals surface area (Å²) in [5, 5.41) is 8.66. The number of hydrogen-bond acceptors (Lipinski definition) is 10. The lowest BCUT2D eigenvalue weighted by atomic mass is 9.59. The van der Waals surface area contributed by atoms with E-state index in [2.05, 4.69) is 73.8 Å². The minimum Gasteiger partial charge on any atom is -0.489 e. The standard InChI is InChI=1S/C51H59BrN6O7/c1-32-23-47(45(27-44(32)52)55-50(62)56-48-29-53-33(2)28-54-48)65-31-39-30-58(21-22-64-39)49(61)12-7-5-6-9-38(59)24-34-13-15-35(16-14-34)46(60)19-20-51(3,4)43-25-36-17-18-37(57-63)26-42(36)40-10-8-11-41(40)43/h8,10,13-18,23,26-29,39-41,43H,5-7,9,11-12,19-22,24-25,30-31H2,1-4H3,(H2,54,55,56,62)/t39-,40?,41?,43?/m0/s1. The first-order chi connectivity index (χ1) is 31.3. The van der Waals surface area contributed by atoms with Gasteiger partial charge in [0.15, 0.2) is 11.6 Å². The Morgan fingerprint density at radius 1 is 0.954 bits per heavy atom. The van der Waals surface area contributed by atoms with Gasteiger partial charge in [-0.3, -0.25) is 24.7 Å². The van der Waals surface area contributed by atoms with Gasteiger partial charge in [-0.05, 0) is 115 Å². The van der Waals surface area contributed by atoms with Crippen LogP contribution >= 0.6 is 15.9 Å². The first kappa shape index (κ1) is 47.4. The van der Waals surface area contributed by atoms with Crippen LogP contribution in [0.15, 0.2) is 88.8 Å². The number of unbranched alkanes of at least 4 members (excludes halogenated alkanes) is 2. The lowest BCUT2D eigenvalue weighted by Crippen LogP contribution is -2.47. The predicted molar refractivity (Wildman–Crippen MR) is 255 cm³/mol. The highest BCUT2D eigenvalue weighted by atomic mass is 79.9. The highest BCUT2D eigenvalue weighted by Crippen LogP contribution is 2.53. The Labute approximate surface area is 389 Å². The van der Waals surface area contributed by atoms with Crippen molar-refractivity contribution in [2.45, 2.75) is 104 Å². The number of hydrogen-bond donors (Lipinski definition) is 2. The molecule has 4 aromatic rings. The Morgan fingerprint density at radius 2 is 1.75 bits per heavy atom. The molecule has 1 fully saturated rings. The van der Waals surface area contributed by atoms with Crippen molar-refractivity contribution in [2.24, 2.45) is 22.4 Å². The summed E-state index contributed by atoms with van der Waals surface area (Å²) in [5.74, 6) is 2.22. The highest BCUT2D eigenvalue weighted by Gasteiger charge is 2.44. The molecule has 0 spiro atoms. The number of aromatic nitrogens is 2. The molecule has 342 valence electrons. The third kappa shape index (κ3) is 12.4. The van der Waals surface area contributed by atoms with E-state index in [0.29, 0.717) is 98.6 Å². The Balaban J connectivity index is 0.794. The summed E-state index contributed by atoms with van der Waals surface area (Å²) in [7, 11) is 0. The van der Waals surface area contributed by atoms with Gasteiger partial charge in [0.1, 0.15) is 29.9 Å². The summed E-state index contributed by atoms with van der Waals surface area (Å²) < 4.78 is 12.9. The SMILES string of the molecule is Cc1cnc(NC(=O)Nc2cc(Br)c(C)cc2OC[C@@H]2CN(C(=O)CCCCCC(=O)Cc3ccc(C(=O)CCC(C)(C)C4Cc5ccc(N=O)cc5C5C=CCC54)cc3)CCO2)cn1. The number of nitroso groups, excluding NO2 is 1. The smallest absolute Gasteiger partial charge is 0.325 e. The minimum atomic E-state index is -0.497. The number of urea groups is 1. The van der Waals surface area contributed by atoms with E-state index in [1.807, 2.05) is 55.1 Å². The second kappa shape index (κ2) is 21.6. The third-order valence-corrected chi connectivity index (χ3v) is 14.1. The number of Topliss-reactive ketones (excluding diaryl/α,β-unsaturated/α-hetero) is 2. The molecule has 2 heterocycles. The Bertz CT molecular complexity index is 2400. The van der Waals surface area contributed by atoms with Gasteiger partial charge >= 0.3 is 6.03 Å². The lowest BCUT2D eigenvalue weighted by molar-refractivity contribution is -0.140. The topological polar surface area (TPSA) is 169 Å². The fourth-order valence-electron chi connectivity index (χ4n) is 9.45. The van der Waals surface area contributed by atoms with Crippen molar-refractivity contribution in [3.8, 4) is 5.75 Å². The fraction of sp³-hybridized carbons (Fsp3) is 0.451. The van der Waals surface area contributed by atoms with Gasteiger partial charge in [0, 0.05) is 48.2 Å². The third-order valence-electron chi connectivity index (χ3n) is 13.2. The number of benzene rings is 3. The maximum Gasteiger partial charge on any atom is 0.325 e. The quantitative estimate of drug-likeness (QED) is 0.0402. The number of ether oxygens (including phenoxy) is 2. The number of rotatable bonds is 19. The Hall–Kier alpha value is -5.60. The number of carbonyl (C=O) groups excluding carboxylic acids is 4. The zero-order valence-corrected chi connectivity index (χ0v) is 39.3. The molecule has 2 N–H and O–H groups in total. The summed E-state index contributed by atoms with van der Waals surface area (Å²) >= 11 is 3.53. The number of fused-ring (bicyclic) bond motifs is 3. The summed E-state index contributed by atoms with van der Waals surface area (Å²) in [6, 6.07) is 16.4. The van der Waals surface area contributed by atoms with Gasteiger partial charge in [0.25, 0.3) is 0 Å². The van der Waals surface area contributed by atoms with Crippen LogP contribution in [0.5, 0.6) is 5.75 Å². The van der Waals surface area contributed by atoms with Gasteiger partial charge in [0.05, 0.1) is 36.9 Å². The van der Waals surface area contributed by atoms with E-state index in [1.165, 1.54) is 17.3 Å². The van der Waals surface area contributed by atoms with E-state index < -0.39 is 6.03 Å². The van der Waals surface area contributed by atoms with Crippen LogP contribution in [0.3, 0.4) is 0 Å². The number of nitrogens with zero attached hydrogens (tertiary/aromatic N) is 4. The van der Waals surface area contributed by atoms with Gasteiger partial charge in [-0.15, -0.1) is 4.91 Å². The number of anilines is 2. The maximum absolute atomic E-state index is 13.4. The first-order valence-electron chi connectivity index (χ1n) is 22.7. The summed E-state index contributed by atoms with van der Waals surface area (Å²) in [6.45, 7) is 9.78. The van der Waals surface area contributed by atoms with Gasteiger partial charge < -0.3 is 19.7 Å². The van der Waals surface area contributed by atoms with Gasteiger partial charge in [-0.2, -0.15) is 0 Å². The number of amides is 3. The van der Waals surface area contributed by atoms with Gasteiger partial charge in [-0.25, -0.2) is 9.78 Å². The van der Waals surface area contributed by atoms with Crippen molar-refractivity contribution in [2.75, 3.05) is 36.9 Å². The molecule has 0 radical (unpaired) electrons. The molecule has 0 bridgehead atoms. The van der Waals surface area contributed by atoms with E-state index in [9.17, 15) is 24.1 Å². The molecule has 4 atom stereocenters. The van der Waals surface area contributed by atoms with Crippen LogP contribution in [0.4, 0.5) is 22.0 Å². The molecule has 3 unspecified atom stereocenters. The monoisotopic (exact) mass is 946 g/mol. The number of aryl methyl sites for hydroxylation is 2. The molecular weight excluding hydrogens is 888 g/mol. The van der Waals surface area contributed by atoms with Crippen LogP contribution in [-0.2, 0) is 27.2 Å². The molecule has 2 aliphatic carbocycles. The number of halogens is 1. The van der Waals surface area contributed by atoms with E-state index in [0.717, 1.165) is 47.0 Å². The number of allylic oxidation sites excluding steroid dienone is 2. The molecule has 65 heavy (non-hydrogen) atoms. The average molecular weight is 948 g/mol. The zero-order valence-electron chi connectivity index (χ0n) is 37.7. The largest absolute Gasteiger partial charge is 0.489 e. The normalized spacial score (nSPS) is 18.9. The Morgan fingerprint density at radius 3 is 2.52 bits per heavy atom. The van der Waals surface area contributed by atoms with E-state index >= 15 is 0 Å². The molecule has 1 aromatic heterocycles. The van der Waals surface area contributed by atoms with Crippen LogP contribution in [0.1, 0.15) is 109 Å². The van der Waals surface area contributed by atoms with Crippen molar-refractivity contribution in [3.05, 3.63) is 122 Å². The zero-order chi connectivity index (χ0) is 46.1. The molecule has 13 nitrogen and oxygen atoms in total. The van der Waals surface area contributed by atoms with Gasteiger partial charge in [0.2, 0.25) is 5.91 Å². The maximum atomic E-state index is 13.4. The van der Waals surface area contributed by atoms with Crippen LogP contribution in [-0.4, -0.2) is 70.8 Å². The van der Waals surface area contributed by atoms with Gasteiger partial charge in [-0.1, -0.05) is 78.7 Å². The van der Waals surface area contributed by atoms with Crippen molar-refractivity contribution >= 4 is 56.6 Å². The van der Waals surface area contributed by atoms with Crippen LogP contribution in [0, 0.1) is 36.0 Å². The highest BCUT2D eigenvalue weighted by molar-refractivity contribution is 9.10. The molecule has 3 aromatic carbocycles. The lowest BCUT2D eigenvalue weighted by Gasteiger charge is -2.45. The summed E-state index contributed by atoms with van der Waals surface area (Å²) in [5.41, 5.74) is 6.59. The van der Waals surface area contributed by atoms with Crippen molar-refractivity contribution < 1.29 is 28.7 Å². The van der Waals surface area contributed by atoms with E-state index in [4.69, 9.17) is 9.47 Å². The molecule has 3 aliphatic rings. The number of ketones is 2. The van der Waals surface area contributed by atoms with Crippen LogP contribution in [0.2, 0.25) is 0 Å². The molecule has 1 saturated heterocycles. The second-order valence-electron chi connectivity index (χ2n) is 18.4. The summed E-state index contributed by atoms with van der Waals surface area (Å²) in [4.78, 5) is 73.6. The molecule has 7 rings (SSSR count). The van der Waals surface area contributed by atoms with Crippen molar-refractivity contribution in [1.82, 2.24) is 14.9 Å². The van der Waals surface area contributed by atoms with Crippen LogP contribution in [0.25, 0.3) is 0 Å². The molecule has 0 saturated carbocycles. The number of carbonyl (C=O) groups is 4. The summed E-state index contributed by atoms with van der Waals surface area (Å²) in [6.07, 6.45) is 13.7. The molecule has 14 heteroatoms. The number of morpholine rings is 1. The number of nitrogens with one attached hydrogen (secondary N) is 2. The molecular formula is C51H59BrN6O7.